The number of benzene rings is 2. The molecule has 0 radical (unpaired) electrons. The monoisotopic (exact) mass is 365 g/mol. The van der Waals surface area contributed by atoms with Crippen LogP contribution in [0.25, 0.3) is 11.0 Å². The van der Waals surface area contributed by atoms with Crippen molar-refractivity contribution in [3.63, 3.8) is 0 Å². The van der Waals surface area contributed by atoms with Crippen molar-refractivity contribution in [1.82, 2.24) is 4.90 Å². The summed E-state index contributed by atoms with van der Waals surface area (Å²) >= 11 is 0. The lowest BCUT2D eigenvalue weighted by atomic mass is 10.0. The predicted molar refractivity (Wildman–Crippen MR) is 105 cm³/mol. The molecule has 0 fully saturated rings. The zero-order valence-corrected chi connectivity index (χ0v) is 16.0. The first-order chi connectivity index (χ1) is 12.8. The van der Waals surface area contributed by atoms with E-state index in [-0.39, 0.29) is 17.1 Å². The maximum Gasteiger partial charge on any atom is 0.253 e. The second kappa shape index (κ2) is 7.27. The maximum atomic E-state index is 12.7. The standard InChI is InChI=1S/C22H23NO4/c1-13-18(24)10-9-17-20(25)14(2)19(27-21(13)17)11-8-15-6-5-7-16(12-15)22(26)23(3)4/h5-7,9-10,12,24H,8,11H2,1-4H3. The van der Waals surface area contributed by atoms with Crippen molar-refractivity contribution in [2.75, 3.05) is 14.1 Å². The lowest BCUT2D eigenvalue weighted by Gasteiger charge is -2.12. The van der Waals surface area contributed by atoms with E-state index in [1.807, 2.05) is 18.2 Å². The molecule has 1 heterocycles. The molecule has 5 heteroatoms. The Balaban J connectivity index is 1.93. The number of aromatic hydroxyl groups is 1. The Morgan fingerprint density at radius 3 is 2.52 bits per heavy atom. The van der Waals surface area contributed by atoms with Gasteiger partial charge < -0.3 is 14.4 Å². The molecule has 0 saturated heterocycles. The Labute approximate surface area is 157 Å². The minimum absolute atomic E-state index is 0.0450. The van der Waals surface area contributed by atoms with E-state index >= 15 is 0 Å². The molecule has 0 saturated carbocycles. The largest absolute Gasteiger partial charge is 0.508 e. The Hall–Kier alpha value is -3.08. The van der Waals surface area contributed by atoms with Crippen LogP contribution in [0.15, 0.2) is 45.6 Å². The molecular formula is C22H23NO4. The average Bonchev–Trinajstić information content (AvgIpc) is 2.66. The number of aryl methyl sites for hydroxylation is 3. The molecule has 1 N–H and O–H groups in total. The lowest BCUT2D eigenvalue weighted by Crippen LogP contribution is -2.21. The van der Waals surface area contributed by atoms with Gasteiger partial charge in [-0.1, -0.05) is 12.1 Å². The van der Waals surface area contributed by atoms with Gasteiger partial charge in [0.15, 0.2) is 5.43 Å². The number of fused-ring (bicyclic) bond motifs is 1. The van der Waals surface area contributed by atoms with Crippen molar-refractivity contribution in [3.05, 3.63) is 74.6 Å². The summed E-state index contributed by atoms with van der Waals surface area (Å²) < 4.78 is 5.99. The molecule has 0 aliphatic heterocycles. The Bertz CT molecular complexity index is 1080. The Morgan fingerprint density at radius 2 is 1.81 bits per heavy atom. The van der Waals surface area contributed by atoms with Crippen LogP contribution in [-0.4, -0.2) is 30.0 Å². The summed E-state index contributed by atoms with van der Waals surface area (Å²) in [6.07, 6.45) is 1.17. The Kier molecular flexibility index (Phi) is 5.04. The van der Waals surface area contributed by atoms with E-state index in [9.17, 15) is 14.7 Å². The Morgan fingerprint density at radius 1 is 1.07 bits per heavy atom. The number of phenolic OH excluding ortho intramolecular Hbond substituents is 1. The minimum Gasteiger partial charge on any atom is -0.508 e. The van der Waals surface area contributed by atoms with E-state index in [4.69, 9.17) is 4.42 Å². The first-order valence-electron chi connectivity index (χ1n) is 8.85. The average molecular weight is 365 g/mol. The van der Waals surface area contributed by atoms with Gasteiger partial charge in [-0.3, -0.25) is 9.59 Å². The number of carbonyl (C=O) groups excluding carboxylic acids is 1. The van der Waals surface area contributed by atoms with Crippen LogP contribution >= 0.6 is 0 Å². The van der Waals surface area contributed by atoms with Gasteiger partial charge in [-0.25, -0.2) is 0 Å². The molecule has 140 valence electrons. The molecule has 1 amide bonds. The number of hydrogen-bond donors (Lipinski definition) is 1. The molecule has 1 aromatic heterocycles. The summed E-state index contributed by atoms with van der Waals surface area (Å²) in [5.41, 5.74) is 3.12. The molecule has 0 unspecified atom stereocenters. The van der Waals surface area contributed by atoms with Crippen LogP contribution in [0.5, 0.6) is 5.75 Å². The molecule has 0 aliphatic carbocycles. The van der Waals surface area contributed by atoms with Crippen molar-refractivity contribution >= 4 is 16.9 Å². The summed E-state index contributed by atoms with van der Waals surface area (Å²) in [5, 5.41) is 10.4. The van der Waals surface area contributed by atoms with Crippen LogP contribution in [0.1, 0.15) is 32.8 Å². The number of rotatable bonds is 4. The van der Waals surface area contributed by atoms with Gasteiger partial charge in [0.05, 0.1) is 5.39 Å². The number of amides is 1. The highest BCUT2D eigenvalue weighted by Crippen LogP contribution is 2.26. The summed E-state index contributed by atoms with van der Waals surface area (Å²) in [7, 11) is 3.44. The molecule has 0 atom stereocenters. The zero-order valence-electron chi connectivity index (χ0n) is 16.0. The third kappa shape index (κ3) is 3.58. The van der Waals surface area contributed by atoms with Crippen molar-refractivity contribution in [2.45, 2.75) is 26.7 Å². The quantitative estimate of drug-likeness (QED) is 0.767. The van der Waals surface area contributed by atoms with E-state index in [0.29, 0.717) is 46.3 Å². The molecule has 0 aliphatic rings. The van der Waals surface area contributed by atoms with Crippen LogP contribution in [0.3, 0.4) is 0 Å². The van der Waals surface area contributed by atoms with E-state index < -0.39 is 0 Å². The second-order valence-electron chi connectivity index (χ2n) is 6.97. The van der Waals surface area contributed by atoms with Crippen molar-refractivity contribution in [2.24, 2.45) is 0 Å². The zero-order chi connectivity index (χ0) is 19.7. The van der Waals surface area contributed by atoms with Gasteiger partial charge in [0.1, 0.15) is 17.1 Å². The van der Waals surface area contributed by atoms with Gasteiger partial charge in [-0.2, -0.15) is 0 Å². The molecule has 0 bridgehead atoms. The van der Waals surface area contributed by atoms with Crippen LogP contribution in [0, 0.1) is 13.8 Å². The topological polar surface area (TPSA) is 70.8 Å². The van der Waals surface area contributed by atoms with Gasteiger partial charge in [0.2, 0.25) is 0 Å². The van der Waals surface area contributed by atoms with E-state index in [2.05, 4.69) is 0 Å². The number of hydrogen-bond acceptors (Lipinski definition) is 4. The molecule has 5 nitrogen and oxygen atoms in total. The summed E-state index contributed by atoms with van der Waals surface area (Å²) in [4.78, 5) is 26.3. The fourth-order valence-corrected chi connectivity index (χ4v) is 3.13. The van der Waals surface area contributed by atoms with Crippen LogP contribution < -0.4 is 5.43 Å². The van der Waals surface area contributed by atoms with Gasteiger partial charge in [0.25, 0.3) is 5.91 Å². The highest BCUT2D eigenvalue weighted by Gasteiger charge is 2.15. The highest BCUT2D eigenvalue weighted by atomic mass is 16.3. The van der Waals surface area contributed by atoms with E-state index in [1.54, 1.807) is 45.0 Å². The summed E-state index contributed by atoms with van der Waals surface area (Å²) in [5.74, 6) is 0.664. The first-order valence-corrected chi connectivity index (χ1v) is 8.85. The van der Waals surface area contributed by atoms with Gasteiger partial charge in [-0.15, -0.1) is 0 Å². The summed E-state index contributed by atoms with van der Waals surface area (Å²) in [6.45, 7) is 3.49. The van der Waals surface area contributed by atoms with Crippen molar-refractivity contribution in [3.8, 4) is 5.75 Å². The van der Waals surface area contributed by atoms with Gasteiger partial charge in [0, 0.05) is 37.2 Å². The molecule has 0 spiro atoms. The SMILES string of the molecule is Cc1c(CCc2cccc(C(=O)N(C)C)c2)oc2c(C)c(O)ccc2c1=O. The van der Waals surface area contributed by atoms with Crippen LogP contribution in [0.2, 0.25) is 0 Å². The molecule has 3 aromatic rings. The number of phenols is 1. The summed E-state index contributed by atoms with van der Waals surface area (Å²) in [6, 6.07) is 10.6. The number of nitrogens with zero attached hydrogens (tertiary/aromatic N) is 1. The molecular weight excluding hydrogens is 342 g/mol. The first kappa shape index (κ1) is 18.7. The predicted octanol–water partition coefficient (Wildman–Crippen LogP) is 3.60. The smallest absolute Gasteiger partial charge is 0.253 e. The molecule has 3 rings (SSSR count). The van der Waals surface area contributed by atoms with Gasteiger partial charge >= 0.3 is 0 Å². The van der Waals surface area contributed by atoms with Crippen molar-refractivity contribution < 1.29 is 14.3 Å². The van der Waals surface area contributed by atoms with E-state index in [1.165, 1.54) is 6.07 Å². The second-order valence-corrected chi connectivity index (χ2v) is 6.97. The fraction of sp³-hybridized carbons (Fsp3) is 0.273. The maximum absolute atomic E-state index is 12.7. The molecule has 2 aromatic carbocycles. The van der Waals surface area contributed by atoms with E-state index in [0.717, 1.165) is 5.56 Å². The lowest BCUT2D eigenvalue weighted by molar-refractivity contribution is 0.0827. The number of carbonyl (C=O) groups is 1. The molecule has 27 heavy (non-hydrogen) atoms. The normalized spacial score (nSPS) is 11.0. The third-order valence-electron chi connectivity index (χ3n) is 4.83. The third-order valence-corrected chi connectivity index (χ3v) is 4.83. The highest BCUT2D eigenvalue weighted by molar-refractivity contribution is 5.94. The fourth-order valence-electron chi connectivity index (χ4n) is 3.13. The van der Waals surface area contributed by atoms with Crippen LogP contribution in [0.4, 0.5) is 0 Å². The van der Waals surface area contributed by atoms with Crippen LogP contribution in [-0.2, 0) is 12.8 Å². The van der Waals surface area contributed by atoms with Gasteiger partial charge in [-0.05, 0) is 50.1 Å². The van der Waals surface area contributed by atoms with Crippen molar-refractivity contribution in [1.29, 1.82) is 0 Å². The minimum atomic E-state index is -0.0779.